The largest absolute Gasteiger partial charge is 0.508 e. The molecule has 1 aromatic heterocycles. The van der Waals surface area contributed by atoms with E-state index in [-0.39, 0.29) is 11.7 Å². The quantitative estimate of drug-likeness (QED) is 0.714. The minimum absolute atomic E-state index is 0.0541. The maximum atomic E-state index is 12.9. The number of rotatable bonds is 3. The van der Waals surface area contributed by atoms with Crippen molar-refractivity contribution in [2.45, 2.75) is 25.2 Å². The highest BCUT2D eigenvalue weighted by Gasteiger charge is 2.22. The molecule has 0 aliphatic carbocycles. The Morgan fingerprint density at radius 1 is 0.929 bits per heavy atom. The average Bonchev–Trinajstić information content (AvgIpc) is 3.01. The molecule has 1 aliphatic rings. The van der Waals surface area contributed by atoms with Crippen LogP contribution in [0.5, 0.6) is 5.75 Å². The molecule has 2 heterocycles. The highest BCUT2D eigenvalue weighted by Crippen LogP contribution is 2.28. The molecule has 1 atom stereocenters. The molecule has 4 heteroatoms. The van der Waals surface area contributed by atoms with Crippen molar-refractivity contribution >= 4 is 5.91 Å². The van der Waals surface area contributed by atoms with Gasteiger partial charge in [-0.25, -0.2) is 0 Å². The number of phenols is 1. The molecular weight excluding hydrogens is 348 g/mol. The predicted octanol–water partition coefficient (Wildman–Crippen LogP) is 4.86. The number of pyridine rings is 1. The molecule has 2 aromatic carbocycles. The first-order valence-corrected chi connectivity index (χ1v) is 9.80. The normalized spacial score (nSPS) is 17.1. The molecule has 1 aliphatic heterocycles. The van der Waals surface area contributed by atoms with Gasteiger partial charge in [0.05, 0.1) is 11.3 Å². The molecule has 1 amide bonds. The van der Waals surface area contributed by atoms with Crippen LogP contribution in [0.1, 0.15) is 41.1 Å². The van der Waals surface area contributed by atoms with Crippen LogP contribution >= 0.6 is 0 Å². The number of carbonyl (C=O) groups is 1. The first kappa shape index (κ1) is 18.2. The third-order valence-corrected chi connectivity index (χ3v) is 5.46. The van der Waals surface area contributed by atoms with Crippen molar-refractivity contribution < 1.29 is 9.90 Å². The average molecular weight is 372 g/mol. The van der Waals surface area contributed by atoms with E-state index in [1.807, 2.05) is 35.2 Å². The summed E-state index contributed by atoms with van der Waals surface area (Å²) in [6.45, 7) is 1.57. The van der Waals surface area contributed by atoms with Crippen molar-refractivity contribution in [3.8, 4) is 17.0 Å². The highest BCUT2D eigenvalue weighted by atomic mass is 16.3. The van der Waals surface area contributed by atoms with Gasteiger partial charge in [-0.15, -0.1) is 0 Å². The topological polar surface area (TPSA) is 53.4 Å². The van der Waals surface area contributed by atoms with Gasteiger partial charge in [-0.2, -0.15) is 0 Å². The zero-order chi connectivity index (χ0) is 19.3. The van der Waals surface area contributed by atoms with Gasteiger partial charge in [-0.3, -0.25) is 9.78 Å². The van der Waals surface area contributed by atoms with E-state index >= 15 is 0 Å². The third kappa shape index (κ3) is 4.06. The fourth-order valence-corrected chi connectivity index (χ4v) is 3.86. The van der Waals surface area contributed by atoms with Crippen molar-refractivity contribution in [2.75, 3.05) is 13.1 Å². The summed E-state index contributed by atoms with van der Waals surface area (Å²) in [4.78, 5) is 19.4. The first-order chi connectivity index (χ1) is 13.7. The molecule has 1 saturated heterocycles. The number of nitrogens with zero attached hydrogens (tertiary/aromatic N) is 2. The summed E-state index contributed by atoms with van der Waals surface area (Å²) in [7, 11) is 0. The van der Waals surface area contributed by atoms with E-state index in [9.17, 15) is 9.90 Å². The summed E-state index contributed by atoms with van der Waals surface area (Å²) in [6, 6.07) is 21.2. The van der Waals surface area contributed by atoms with Crippen molar-refractivity contribution in [3.05, 3.63) is 84.1 Å². The standard InChI is InChI=1S/C24H24N2O2/c27-22-11-8-20(9-12-22)23-13-10-21(17-25-23)24(28)26-15-4-7-19(14-16-26)18-5-2-1-3-6-18/h1-3,5-6,8-13,17,19,27H,4,7,14-16H2. The molecule has 1 fully saturated rings. The minimum Gasteiger partial charge on any atom is -0.508 e. The van der Waals surface area contributed by atoms with E-state index in [0.717, 1.165) is 43.6 Å². The smallest absolute Gasteiger partial charge is 0.255 e. The molecule has 0 bridgehead atoms. The maximum absolute atomic E-state index is 12.9. The summed E-state index contributed by atoms with van der Waals surface area (Å²) in [5.41, 5.74) is 3.70. The zero-order valence-corrected chi connectivity index (χ0v) is 15.8. The van der Waals surface area contributed by atoms with Crippen LogP contribution in [0.25, 0.3) is 11.3 Å². The molecular formula is C24H24N2O2. The fourth-order valence-electron chi connectivity index (χ4n) is 3.86. The Hall–Kier alpha value is -3.14. The van der Waals surface area contributed by atoms with E-state index in [0.29, 0.717) is 11.5 Å². The van der Waals surface area contributed by atoms with Gasteiger partial charge >= 0.3 is 0 Å². The number of hydrogen-bond acceptors (Lipinski definition) is 3. The van der Waals surface area contributed by atoms with Crippen molar-refractivity contribution in [2.24, 2.45) is 0 Å². The van der Waals surface area contributed by atoms with Gasteiger partial charge in [-0.05, 0) is 67.1 Å². The third-order valence-electron chi connectivity index (χ3n) is 5.46. The summed E-state index contributed by atoms with van der Waals surface area (Å²) in [6.07, 6.45) is 4.79. The second kappa shape index (κ2) is 8.26. The van der Waals surface area contributed by atoms with E-state index in [1.54, 1.807) is 18.3 Å². The molecule has 28 heavy (non-hydrogen) atoms. The van der Waals surface area contributed by atoms with Gasteiger partial charge < -0.3 is 10.0 Å². The minimum atomic E-state index is 0.0541. The van der Waals surface area contributed by atoms with Crippen molar-refractivity contribution in [1.82, 2.24) is 9.88 Å². The number of carbonyl (C=O) groups excluding carboxylic acids is 1. The lowest BCUT2D eigenvalue weighted by Gasteiger charge is -2.21. The van der Waals surface area contributed by atoms with E-state index < -0.39 is 0 Å². The lowest BCUT2D eigenvalue weighted by molar-refractivity contribution is 0.0760. The second-order valence-electron chi connectivity index (χ2n) is 7.31. The van der Waals surface area contributed by atoms with Crippen LogP contribution in [0.4, 0.5) is 0 Å². The Labute approximate surface area is 165 Å². The Morgan fingerprint density at radius 2 is 1.71 bits per heavy atom. The lowest BCUT2D eigenvalue weighted by Crippen LogP contribution is -2.32. The lowest BCUT2D eigenvalue weighted by atomic mass is 9.92. The molecule has 4 nitrogen and oxygen atoms in total. The van der Waals surface area contributed by atoms with Crippen LogP contribution in [-0.2, 0) is 0 Å². The van der Waals surface area contributed by atoms with Crippen LogP contribution in [0.15, 0.2) is 72.9 Å². The Bertz CT molecular complexity index is 921. The monoisotopic (exact) mass is 372 g/mol. The number of hydrogen-bond donors (Lipinski definition) is 1. The zero-order valence-electron chi connectivity index (χ0n) is 15.8. The first-order valence-electron chi connectivity index (χ1n) is 9.80. The number of likely N-dealkylation sites (tertiary alicyclic amines) is 1. The number of aromatic nitrogens is 1. The SMILES string of the molecule is O=C(c1ccc(-c2ccc(O)cc2)nc1)N1CCCC(c2ccccc2)CC1. The van der Waals surface area contributed by atoms with Gasteiger partial charge in [0.2, 0.25) is 0 Å². The number of benzene rings is 2. The number of amides is 1. The molecule has 1 N–H and O–H groups in total. The van der Waals surface area contributed by atoms with Gasteiger partial charge in [-0.1, -0.05) is 30.3 Å². The van der Waals surface area contributed by atoms with E-state index in [4.69, 9.17) is 0 Å². The van der Waals surface area contributed by atoms with Crippen LogP contribution in [-0.4, -0.2) is 34.0 Å². The van der Waals surface area contributed by atoms with Crippen LogP contribution in [0, 0.1) is 0 Å². The van der Waals surface area contributed by atoms with E-state index in [1.165, 1.54) is 5.56 Å². The predicted molar refractivity (Wildman–Crippen MR) is 110 cm³/mol. The maximum Gasteiger partial charge on any atom is 0.255 e. The summed E-state index contributed by atoms with van der Waals surface area (Å²) < 4.78 is 0. The molecule has 3 aromatic rings. The van der Waals surface area contributed by atoms with Crippen molar-refractivity contribution in [3.63, 3.8) is 0 Å². The van der Waals surface area contributed by atoms with Crippen LogP contribution in [0.2, 0.25) is 0 Å². The summed E-state index contributed by atoms with van der Waals surface area (Å²) >= 11 is 0. The second-order valence-corrected chi connectivity index (χ2v) is 7.31. The van der Waals surface area contributed by atoms with E-state index in [2.05, 4.69) is 29.2 Å². The number of aromatic hydroxyl groups is 1. The van der Waals surface area contributed by atoms with Gasteiger partial charge in [0.25, 0.3) is 5.91 Å². The molecule has 0 saturated carbocycles. The molecule has 4 rings (SSSR count). The van der Waals surface area contributed by atoms with Crippen LogP contribution < -0.4 is 0 Å². The van der Waals surface area contributed by atoms with Gasteiger partial charge in [0.1, 0.15) is 5.75 Å². The summed E-state index contributed by atoms with van der Waals surface area (Å²) in [5.74, 6) is 0.804. The molecule has 142 valence electrons. The summed E-state index contributed by atoms with van der Waals surface area (Å²) in [5, 5.41) is 9.41. The highest BCUT2D eigenvalue weighted by molar-refractivity contribution is 5.94. The van der Waals surface area contributed by atoms with Gasteiger partial charge in [0, 0.05) is 24.8 Å². The van der Waals surface area contributed by atoms with Gasteiger partial charge in [0.15, 0.2) is 0 Å². The fraction of sp³-hybridized carbons (Fsp3) is 0.250. The molecule has 1 unspecified atom stereocenters. The van der Waals surface area contributed by atoms with Crippen LogP contribution in [0.3, 0.4) is 0 Å². The number of phenolic OH excluding ortho intramolecular Hbond substituents is 1. The Morgan fingerprint density at radius 3 is 2.43 bits per heavy atom. The molecule has 0 spiro atoms. The molecule has 0 radical (unpaired) electrons. The van der Waals surface area contributed by atoms with Crippen molar-refractivity contribution in [1.29, 1.82) is 0 Å². The Balaban J connectivity index is 1.43. The Kier molecular flexibility index (Phi) is 5.38.